The summed E-state index contributed by atoms with van der Waals surface area (Å²) in [5.74, 6) is 0.944. The predicted molar refractivity (Wildman–Crippen MR) is 57.0 cm³/mol. The van der Waals surface area contributed by atoms with E-state index < -0.39 is 0 Å². The van der Waals surface area contributed by atoms with E-state index in [1.165, 1.54) is 5.56 Å². The molecule has 3 heteroatoms. The maximum absolute atomic E-state index is 5.78. The molecule has 0 spiro atoms. The van der Waals surface area contributed by atoms with Gasteiger partial charge in [-0.25, -0.2) is 0 Å². The zero-order chi connectivity index (χ0) is 9.64. The smallest absolute Gasteiger partial charge is 0.137 e. The zero-order valence-corrected chi connectivity index (χ0v) is 9.31. The monoisotopic (exact) mass is 241 g/mol. The van der Waals surface area contributed by atoms with Gasteiger partial charge < -0.3 is 10.5 Å². The van der Waals surface area contributed by atoms with E-state index in [-0.39, 0.29) is 5.60 Å². The number of hydrogen-bond donors (Lipinski definition) is 1. The molecule has 0 bridgehead atoms. The van der Waals surface area contributed by atoms with E-state index in [2.05, 4.69) is 29.8 Å². The summed E-state index contributed by atoms with van der Waals surface area (Å²) in [5.41, 5.74) is 7.61. The van der Waals surface area contributed by atoms with Crippen molar-refractivity contribution < 1.29 is 4.74 Å². The molecule has 0 aliphatic carbocycles. The highest BCUT2D eigenvalue weighted by molar-refractivity contribution is 9.10. The molecule has 1 aromatic carbocycles. The minimum atomic E-state index is -0.0986. The lowest BCUT2D eigenvalue weighted by Crippen LogP contribution is -2.24. The fourth-order valence-corrected chi connectivity index (χ4v) is 2.29. The number of fused-ring (bicyclic) bond motifs is 1. The van der Waals surface area contributed by atoms with E-state index in [0.717, 1.165) is 22.3 Å². The van der Waals surface area contributed by atoms with E-state index in [1.807, 2.05) is 12.1 Å². The molecule has 0 amide bonds. The summed E-state index contributed by atoms with van der Waals surface area (Å²) in [6.45, 7) is 4.16. The van der Waals surface area contributed by atoms with Gasteiger partial charge in [0.05, 0.1) is 4.47 Å². The Morgan fingerprint density at radius 2 is 2.15 bits per heavy atom. The van der Waals surface area contributed by atoms with Crippen LogP contribution in [0, 0.1) is 0 Å². The average molecular weight is 242 g/mol. The van der Waals surface area contributed by atoms with Gasteiger partial charge in [0.1, 0.15) is 11.4 Å². The second kappa shape index (κ2) is 2.64. The van der Waals surface area contributed by atoms with Crippen molar-refractivity contribution in [3.05, 3.63) is 22.2 Å². The van der Waals surface area contributed by atoms with Crippen LogP contribution in [0.2, 0.25) is 0 Å². The lowest BCUT2D eigenvalue weighted by molar-refractivity contribution is 0.137. The summed E-state index contributed by atoms with van der Waals surface area (Å²) in [4.78, 5) is 0. The summed E-state index contributed by atoms with van der Waals surface area (Å²) in [5, 5.41) is 0. The summed E-state index contributed by atoms with van der Waals surface area (Å²) in [6.07, 6.45) is 0.923. The van der Waals surface area contributed by atoms with Crippen molar-refractivity contribution in [1.82, 2.24) is 0 Å². The molecule has 0 unspecified atom stereocenters. The number of rotatable bonds is 0. The number of halogens is 1. The van der Waals surface area contributed by atoms with Crippen LogP contribution in [0.3, 0.4) is 0 Å². The molecule has 2 rings (SSSR count). The molecule has 0 radical (unpaired) electrons. The third-order valence-corrected chi connectivity index (χ3v) is 2.73. The first-order chi connectivity index (χ1) is 5.98. The fraction of sp³-hybridized carbons (Fsp3) is 0.400. The first kappa shape index (κ1) is 8.88. The van der Waals surface area contributed by atoms with Gasteiger partial charge in [0.15, 0.2) is 0 Å². The lowest BCUT2D eigenvalue weighted by atomic mass is 10.0. The van der Waals surface area contributed by atoms with Gasteiger partial charge in [0, 0.05) is 17.7 Å². The van der Waals surface area contributed by atoms with Crippen LogP contribution in [0.15, 0.2) is 16.6 Å². The van der Waals surface area contributed by atoms with Crippen molar-refractivity contribution in [3.8, 4) is 5.75 Å². The fourth-order valence-electron chi connectivity index (χ4n) is 1.69. The molecule has 0 saturated carbocycles. The van der Waals surface area contributed by atoms with Crippen molar-refractivity contribution in [3.63, 3.8) is 0 Å². The van der Waals surface area contributed by atoms with Crippen LogP contribution in [-0.2, 0) is 6.42 Å². The first-order valence-electron chi connectivity index (χ1n) is 4.25. The van der Waals surface area contributed by atoms with Crippen molar-refractivity contribution in [2.24, 2.45) is 0 Å². The predicted octanol–water partition coefficient (Wildman–Crippen LogP) is 2.74. The number of anilines is 1. The Morgan fingerprint density at radius 1 is 1.46 bits per heavy atom. The van der Waals surface area contributed by atoms with Crippen LogP contribution in [0.25, 0.3) is 0 Å². The Labute approximate surface area is 86.2 Å². The van der Waals surface area contributed by atoms with Crippen LogP contribution >= 0.6 is 15.9 Å². The minimum absolute atomic E-state index is 0.0986. The van der Waals surface area contributed by atoms with Crippen molar-refractivity contribution in [2.75, 3.05) is 5.73 Å². The summed E-state index contributed by atoms with van der Waals surface area (Å²) in [7, 11) is 0. The normalized spacial score (nSPS) is 18.1. The highest BCUT2D eigenvalue weighted by atomic mass is 79.9. The SMILES string of the molecule is CC1(C)Cc2cc(N)cc(Br)c2O1. The van der Waals surface area contributed by atoms with Gasteiger partial charge in [-0.3, -0.25) is 0 Å². The lowest BCUT2D eigenvalue weighted by Gasteiger charge is -2.17. The Balaban J connectivity index is 2.52. The Kier molecular flexibility index (Phi) is 1.80. The van der Waals surface area contributed by atoms with Gasteiger partial charge in [-0.15, -0.1) is 0 Å². The van der Waals surface area contributed by atoms with Gasteiger partial charge in [-0.2, -0.15) is 0 Å². The van der Waals surface area contributed by atoms with E-state index >= 15 is 0 Å². The molecule has 2 nitrogen and oxygen atoms in total. The molecule has 0 atom stereocenters. The van der Waals surface area contributed by atoms with E-state index in [1.54, 1.807) is 0 Å². The number of nitrogens with two attached hydrogens (primary N) is 1. The first-order valence-corrected chi connectivity index (χ1v) is 5.04. The van der Waals surface area contributed by atoms with E-state index in [0.29, 0.717) is 0 Å². The molecule has 0 fully saturated rings. The largest absolute Gasteiger partial charge is 0.486 e. The molecule has 1 aliphatic heterocycles. The summed E-state index contributed by atoms with van der Waals surface area (Å²) >= 11 is 3.44. The van der Waals surface area contributed by atoms with Gasteiger partial charge in [0.2, 0.25) is 0 Å². The highest BCUT2D eigenvalue weighted by Crippen LogP contribution is 2.41. The number of ether oxygens (including phenoxy) is 1. The van der Waals surface area contributed by atoms with E-state index in [9.17, 15) is 0 Å². The van der Waals surface area contributed by atoms with Gasteiger partial charge >= 0.3 is 0 Å². The topological polar surface area (TPSA) is 35.2 Å². The standard InChI is InChI=1S/C10H12BrNO/c1-10(2)5-6-3-7(12)4-8(11)9(6)13-10/h3-4H,5,12H2,1-2H3. The Morgan fingerprint density at radius 3 is 2.85 bits per heavy atom. The third kappa shape index (κ3) is 1.53. The summed E-state index contributed by atoms with van der Waals surface area (Å²) < 4.78 is 6.73. The molecule has 0 aromatic heterocycles. The summed E-state index contributed by atoms with van der Waals surface area (Å²) in [6, 6.07) is 3.86. The second-order valence-electron chi connectivity index (χ2n) is 4.03. The molecule has 0 saturated heterocycles. The van der Waals surface area contributed by atoms with Gasteiger partial charge in [-0.1, -0.05) is 0 Å². The second-order valence-corrected chi connectivity index (χ2v) is 4.88. The number of hydrogen-bond acceptors (Lipinski definition) is 2. The molecule has 1 aromatic rings. The molecule has 13 heavy (non-hydrogen) atoms. The Bertz CT molecular complexity index is 360. The van der Waals surface area contributed by atoms with Crippen LogP contribution in [-0.4, -0.2) is 5.60 Å². The zero-order valence-electron chi connectivity index (χ0n) is 7.73. The van der Waals surface area contributed by atoms with Crippen LogP contribution in [0.1, 0.15) is 19.4 Å². The maximum atomic E-state index is 5.78. The van der Waals surface area contributed by atoms with Crippen LogP contribution < -0.4 is 10.5 Å². The van der Waals surface area contributed by atoms with Crippen molar-refractivity contribution >= 4 is 21.6 Å². The molecular weight excluding hydrogens is 230 g/mol. The van der Waals surface area contributed by atoms with Crippen molar-refractivity contribution in [2.45, 2.75) is 25.9 Å². The minimum Gasteiger partial charge on any atom is -0.486 e. The third-order valence-electron chi connectivity index (χ3n) is 2.14. The van der Waals surface area contributed by atoms with Gasteiger partial charge in [0.25, 0.3) is 0 Å². The molecule has 2 N–H and O–H groups in total. The van der Waals surface area contributed by atoms with Crippen LogP contribution in [0.4, 0.5) is 5.69 Å². The average Bonchev–Trinajstić information content (AvgIpc) is 2.23. The van der Waals surface area contributed by atoms with Crippen LogP contribution in [0.5, 0.6) is 5.75 Å². The quantitative estimate of drug-likeness (QED) is 0.710. The molecule has 1 aliphatic rings. The van der Waals surface area contributed by atoms with Crippen molar-refractivity contribution in [1.29, 1.82) is 0 Å². The maximum Gasteiger partial charge on any atom is 0.137 e. The Hall–Kier alpha value is -0.700. The molecule has 1 heterocycles. The van der Waals surface area contributed by atoms with E-state index in [4.69, 9.17) is 10.5 Å². The number of benzene rings is 1. The molecular formula is C10H12BrNO. The molecule has 70 valence electrons. The highest BCUT2D eigenvalue weighted by Gasteiger charge is 2.31. The van der Waals surface area contributed by atoms with Gasteiger partial charge in [-0.05, 0) is 41.9 Å². The number of nitrogen functional groups attached to an aromatic ring is 1.